The van der Waals surface area contributed by atoms with Gasteiger partial charge in [-0.05, 0) is 31.5 Å². The smallest absolute Gasteiger partial charge is 0.341 e. The zero-order valence-corrected chi connectivity index (χ0v) is 13.3. The van der Waals surface area contributed by atoms with E-state index in [0.717, 1.165) is 30.9 Å². The van der Waals surface area contributed by atoms with Gasteiger partial charge in [0.2, 0.25) is 5.88 Å². The molecule has 1 heterocycles. The van der Waals surface area contributed by atoms with Crippen molar-refractivity contribution in [1.29, 1.82) is 0 Å². The van der Waals surface area contributed by atoms with Crippen molar-refractivity contribution in [2.45, 2.75) is 40.5 Å². The SMILES string of the molecule is CCc1nnc(OCCN(CC)CC)c(C(=O)O)c1CC. The van der Waals surface area contributed by atoms with Gasteiger partial charge in [0.05, 0.1) is 5.69 Å². The van der Waals surface area contributed by atoms with Crippen molar-refractivity contribution in [1.82, 2.24) is 15.1 Å². The van der Waals surface area contributed by atoms with Gasteiger partial charge in [-0.2, -0.15) is 5.10 Å². The lowest BCUT2D eigenvalue weighted by molar-refractivity contribution is 0.0688. The summed E-state index contributed by atoms with van der Waals surface area (Å²) < 4.78 is 5.58. The third-order valence-corrected chi connectivity index (χ3v) is 3.57. The molecule has 0 unspecified atom stereocenters. The van der Waals surface area contributed by atoms with Crippen LogP contribution in [-0.4, -0.2) is 52.4 Å². The molecule has 1 N–H and O–H groups in total. The Balaban J connectivity index is 2.94. The summed E-state index contributed by atoms with van der Waals surface area (Å²) in [6.45, 7) is 11.0. The van der Waals surface area contributed by atoms with E-state index in [-0.39, 0.29) is 11.4 Å². The fourth-order valence-electron chi connectivity index (χ4n) is 2.29. The van der Waals surface area contributed by atoms with Crippen molar-refractivity contribution in [3.8, 4) is 5.88 Å². The molecule has 1 aromatic heterocycles. The van der Waals surface area contributed by atoms with Crippen LogP contribution in [-0.2, 0) is 12.8 Å². The monoisotopic (exact) mass is 295 g/mol. The van der Waals surface area contributed by atoms with Crippen LogP contribution >= 0.6 is 0 Å². The average Bonchev–Trinajstić information content (AvgIpc) is 2.50. The molecule has 21 heavy (non-hydrogen) atoms. The third kappa shape index (κ3) is 4.39. The number of carboxylic acids is 1. The van der Waals surface area contributed by atoms with Crippen molar-refractivity contribution in [3.05, 3.63) is 16.8 Å². The van der Waals surface area contributed by atoms with Crippen LogP contribution in [0.2, 0.25) is 0 Å². The van der Waals surface area contributed by atoms with Crippen LogP contribution in [0.5, 0.6) is 5.88 Å². The Morgan fingerprint density at radius 3 is 2.29 bits per heavy atom. The van der Waals surface area contributed by atoms with Gasteiger partial charge >= 0.3 is 5.97 Å². The minimum atomic E-state index is -1.01. The molecule has 0 radical (unpaired) electrons. The Morgan fingerprint density at radius 1 is 1.14 bits per heavy atom. The van der Waals surface area contributed by atoms with Gasteiger partial charge in [0, 0.05) is 6.54 Å². The van der Waals surface area contributed by atoms with Crippen molar-refractivity contribution >= 4 is 5.97 Å². The number of aromatic nitrogens is 2. The average molecular weight is 295 g/mol. The summed E-state index contributed by atoms with van der Waals surface area (Å²) >= 11 is 0. The van der Waals surface area contributed by atoms with Gasteiger partial charge in [-0.1, -0.05) is 27.7 Å². The van der Waals surface area contributed by atoms with Gasteiger partial charge in [0.15, 0.2) is 0 Å². The molecule has 118 valence electrons. The van der Waals surface area contributed by atoms with Gasteiger partial charge in [-0.15, -0.1) is 5.10 Å². The van der Waals surface area contributed by atoms with Crippen LogP contribution in [0.25, 0.3) is 0 Å². The highest BCUT2D eigenvalue weighted by atomic mass is 16.5. The first-order valence-electron chi connectivity index (χ1n) is 7.55. The predicted octanol–water partition coefficient (Wildman–Crippen LogP) is 2.02. The zero-order valence-electron chi connectivity index (χ0n) is 13.3. The molecule has 0 spiro atoms. The van der Waals surface area contributed by atoms with Gasteiger partial charge in [0.25, 0.3) is 0 Å². The predicted molar refractivity (Wildman–Crippen MR) is 81.0 cm³/mol. The van der Waals surface area contributed by atoms with Crippen LogP contribution in [0, 0.1) is 0 Å². The first kappa shape index (κ1) is 17.4. The van der Waals surface area contributed by atoms with Crippen molar-refractivity contribution < 1.29 is 14.6 Å². The molecule has 0 aromatic carbocycles. The number of rotatable bonds is 9. The molecule has 0 bridgehead atoms. The van der Waals surface area contributed by atoms with E-state index in [1.54, 1.807) is 0 Å². The molecule has 0 aliphatic carbocycles. The summed E-state index contributed by atoms with van der Waals surface area (Å²) in [5.74, 6) is -0.877. The first-order valence-corrected chi connectivity index (χ1v) is 7.55. The van der Waals surface area contributed by atoms with E-state index >= 15 is 0 Å². The highest BCUT2D eigenvalue weighted by molar-refractivity contribution is 5.92. The molecule has 0 aliphatic rings. The second kappa shape index (κ2) is 8.56. The minimum absolute atomic E-state index is 0.128. The number of aromatic carboxylic acids is 1. The molecule has 1 rings (SSSR count). The Labute approximate surface area is 126 Å². The van der Waals surface area contributed by atoms with Gasteiger partial charge < -0.3 is 14.7 Å². The first-order chi connectivity index (χ1) is 10.1. The number of likely N-dealkylation sites (N-methyl/N-ethyl adjacent to an activating group) is 1. The van der Waals surface area contributed by atoms with Crippen molar-refractivity contribution in [3.63, 3.8) is 0 Å². The number of hydrogen-bond donors (Lipinski definition) is 1. The fraction of sp³-hybridized carbons (Fsp3) is 0.667. The molecule has 0 amide bonds. The van der Waals surface area contributed by atoms with E-state index in [1.165, 1.54) is 0 Å². The van der Waals surface area contributed by atoms with E-state index in [4.69, 9.17) is 4.74 Å². The topological polar surface area (TPSA) is 75.6 Å². The Kier molecular flexibility index (Phi) is 7.08. The summed E-state index contributed by atoms with van der Waals surface area (Å²) in [6, 6.07) is 0. The maximum absolute atomic E-state index is 11.5. The molecule has 1 aromatic rings. The maximum atomic E-state index is 11.5. The van der Waals surface area contributed by atoms with Crippen molar-refractivity contribution in [2.24, 2.45) is 0 Å². The number of carboxylic acid groups (broad SMARTS) is 1. The second-order valence-electron chi connectivity index (χ2n) is 4.69. The Morgan fingerprint density at radius 2 is 1.81 bits per heavy atom. The lowest BCUT2D eigenvalue weighted by atomic mass is 10.0. The van der Waals surface area contributed by atoms with Crippen LogP contribution in [0.4, 0.5) is 0 Å². The zero-order chi connectivity index (χ0) is 15.8. The lowest BCUT2D eigenvalue weighted by Crippen LogP contribution is -2.28. The molecule has 0 saturated carbocycles. The third-order valence-electron chi connectivity index (χ3n) is 3.57. The molecule has 0 atom stereocenters. The second-order valence-corrected chi connectivity index (χ2v) is 4.69. The summed E-state index contributed by atoms with van der Waals surface area (Å²) in [5.41, 5.74) is 1.60. The van der Waals surface area contributed by atoms with Crippen LogP contribution in [0.3, 0.4) is 0 Å². The van der Waals surface area contributed by atoms with E-state index in [0.29, 0.717) is 19.4 Å². The summed E-state index contributed by atoms with van der Waals surface area (Å²) in [5, 5.41) is 17.5. The number of hydrogen-bond acceptors (Lipinski definition) is 5. The number of nitrogens with zero attached hydrogens (tertiary/aromatic N) is 3. The molecular weight excluding hydrogens is 270 g/mol. The summed E-state index contributed by atoms with van der Waals surface area (Å²) in [6.07, 6.45) is 1.27. The Hall–Kier alpha value is -1.69. The van der Waals surface area contributed by atoms with Gasteiger partial charge in [-0.3, -0.25) is 0 Å². The highest BCUT2D eigenvalue weighted by Crippen LogP contribution is 2.22. The van der Waals surface area contributed by atoms with Gasteiger partial charge in [0.1, 0.15) is 12.2 Å². The van der Waals surface area contributed by atoms with Crippen LogP contribution in [0.1, 0.15) is 49.3 Å². The molecule has 0 saturated heterocycles. The van der Waals surface area contributed by atoms with E-state index < -0.39 is 5.97 Å². The molecule has 0 fully saturated rings. The summed E-state index contributed by atoms with van der Waals surface area (Å²) in [4.78, 5) is 13.7. The largest absolute Gasteiger partial charge is 0.477 e. The molecule has 6 nitrogen and oxygen atoms in total. The normalized spacial score (nSPS) is 10.9. The van der Waals surface area contributed by atoms with Crippen LogP contribution < -0.4 is 4.74 Å². The van der Waals surface area contributed by atoms with E-state index in [1.807, 2.05) is 13.8 Å². The summed E-state index contributed by atoms with van der Waals surface area (Å²) in [7, 11) is 0. The van der Waals surface area contributed by atoms with Crippen molar-refractivity contribution in [2.75, 3.05) is 26.2 Å². The van der Waals surface area contributed by atoms with Crippen LogP contribution in [0.15, 0.2) is 0 Å². The molecular formula is C15H25N3O3. The molecule has 0 aliphatic heterocycles. The standard InChI is InChI=1S/C15H25N3O3/c1-5-11-12(6-2)16-17-14(13(11)15(19)20)21-10-9-18(7-3)8-4/h5-10H2,1-4H3,(H,19,20). The quantitative estimate of drug-likeness (QED) is 0.751. The van der Waals surface area contributed by atoms with E-state index in [2.05, 4.69) is 28.9 Å². The Bertz CT molecular complexity index is 473. The maximum Gasteiger partial charge on any atom is 0.341 e. The molecule has 6 heteroatoms. The highest BCUT2D eigenvalue weighted by Gasteiger charge is 2.21. The number of carbonyl (C=O) groups is 1. The van der Waals surface area contributed by atoms with E-state index in [9.17, 15) is 9.90 Å². The number of ether oxygens (including phenoxy) is 1. The minimum Gasteiger partial charge on any atom is -0.477 e. The lowest BCUT2D eigenvalue weighted by Gasteiger charge is -2.18. The fourth-order valence-corrected chi connectivity index (χ4v) is 2.29. The van der Waals surface area contributed by atoms with Gasteiger partial charge in [-0.25, -0.2) is 4.79 Å². The number of aryl methyl sites for hydroxylation is 1.